The van der Waals surface area contributed by atoms with Crippen molar-refractivity contribution in [2.45, 2.75) is 51.7 Å². The minimum atomic E-state index is -0.0156. The van der Waals surface area contributed by atoms with Crippen LogP contribution in [0.5, 0.6) is 0 Å². The van der Waals surface area contributed by atoms with Crippen molar-refractivity contribution < 1.29 is 9.90 Å². The zero-order valence-corrected chi connectivity index (χ0v) is 11.8. The molecular formula is C13H20N2O2S. The molecule has 1 heterocycles. The first-order valence-electron chi connectivity index (χ1n) is 6.43. The number of thiazole rings is 1. The van der Waals surface area contributed by atoms with Gasteiger partial charge in [-0.25, -0.2) is 4.98 Å². The number of aromatic nitrogens is 1. The van der Waals surface area contributed by atoms with Gasteiger partial charge in [0.05, 0.1) is 17.3 Å². The molecule has 100 valence electrons. The Morgan fingerprint density at radius 2 is 2.28 bits per heavy atom. The molecule has 0 radical (unpaired) electrons. The summed E-state index contributed by atoms with van der Waals surface area (Å²) in [4.78, 5) is 19.2. The van der Waals surface area contributed by atoms with Gasteiger partial charge in [0.25, 0.3) is 0 Å². The lowest BCUT2D eigenvalue weighted by Gasteiger charge is -2.34. The number of hydrogen-bond acceptors (Lipinski definition) is 4. The summed E-state index contributed by atoms with van der Waals surface area (Å²) in [6.45, 7) is 1.94. The van der Waals surface area contributed by atoms with Crippen LogP contribution < -0.4 is 0 Å². The van der Waals surface area contributed by atoms with Crippen molar-refractivity contribution >= 4 is 17.2 Å². The largest absolute Gasteiger partial charge is 0.390 e. The van der Waals surface area contributed by atoms with Gasteiger partial charge in [0.1, 0.15) is 0 Å². The highest BCUT2D eigenvalue weighted by Gasteiger charge is 2.25. The van der Waals surface area contributed by atoms with Crippen LogP contribution in [0.25, 0.3) is 0 Å². The predicted octanol–water partition coefficient (Wildman–Crippen LogP) is 1.89. The van der Waals surface area contributed by atoms with E-state index in [1.54, 1.807) is 11.3 Å². The van der Waals surface area contributed by atoms with Crippen LogP contribution in [0.1, 0.15) is 41.3 Å². The fourth-order valence-electron chi connectivity index (χ4n) is 2.11. The first kappa shape index (κ1) is 13.5. The minimum Gasteiger partial charge on any atom is -0.390 e. The smallest absolute Gasteiger partial charge is 0.222 e. The molecule has 1 aliphatic rings. The lowest BCUT2D eigenvalue weighted by atomic mass is 9.91. The van der Waals surface area contributed by atoms with Crippen LogP contribution in [0.15, 0.2) is 0 Å². The van der Waals surface area contributed by atoms with E-state index in [1.807, 2.05) is 18.9 Å². The zero-order valence-electron chi connectivity index (χ0n) is 11.0. The lowest BCUT2D eigenvalue weighted by molar-refractivity contribution is -0.133. The molecule has 2 rings (SSSR count). The van der Waals surface area contributed by atoms with E-state index in [2.05, 4.69) is 4.98 Å². The van der Waals surface area contributed by atoms with Gasteiger partial charge in [0.15, 0.2) is 0 Å². The Morgan fingerprint density at radius 3 is 2.78 bits per heavy atom. The maximum atomic E-state index is 12.0. The number of aliphatic hydroxyl groups excluding tert-OH is 1. The summed E-state index contributed by atoms with van der Waals surface area (Å²) in [6, 6.07) is 0.462. The normalized spacial score (nSPS) is 15.5. The molecule has 0 aromatic carbocycles. The van der Waals surface area contributed by atoms with Crippen molar-refractivity contribution in [2.24, 2.45) is 0 Å². The first-order valence-corrected chi connectivity index (χ1v) is 7.25. The van der Waals surface area contributed by atoms with E-state index in [4.69, 9.17) is 5.11 Å². The summed E-state index contributed by atoms with van der Waals surface area (Å²) < 4.78 is 0. The van der Waals surface area contributed by atoms with Crippen LogP contribution in [0.4, 0.5) is 0 Å². The molecule has 1 aliphatic carbocycles. The van der Waals surface area contributed by atoms with Crippen LogP contribution >= 0.6 is 11.3 Å². The van der Waals surface area contributed by atoms with Crippen molar-refractivity contribution in [3.05, 3.63) is 15.6 Å². The number of rotatable bonds is 5. The Bertz CT molecular complexity index is 427. The van der Waals surface area contributed by atoms with Gasteiger partial charge in [-0.1, -0.05) is 0 Å². The van der Waals surface area contributed by atoms with Gasteiger partial charge >= 0.3 is 0 Å². The minimum absolute atomic E-state index is 0.0156. The zero-order chi connectivity index (χ0) is 13.1. The second-order valence-corrected chi connectivity index (χ2v) is 6.15. The molecule has 4 nitrogen and oxygen atoms in total. The van der Waals surface area contributed by atoms with Gasteiger partial charge < -0.3 is 10.0 Å². The monoisotopic (exact) mass is 268 g/mol. The standard InChI is InChI=1S/C13H20N2O2S/c1-9-11(8-16)14-12(18-9)6-7-13(17)15(2)10-4-3-5-10/h10,16H,3-8H2,1-2H3. The second kappa shape index (κ2) is 5.80. The summed E-state index contributed by atoms with van der Waals surface area (Å²) in [7, 11) is 1.90. The summed E-state index contributed by atoms with van der Waals surface area (Å²) >= 11 is 1.58. The van der Waals surface area contributed by atoms with E-state index in [1.165, 1.54) is 6.42 Å². The number of carbonyl (C=O) groups excluding carboxylic acids is 1. The van der Waals surface area contributed by atoms with E-state index < -0.39 is 0 Å². The number of aliphatic hydroxyl groups is 1. The quantitative estimate of drug-likeness (QED) is 0.887. The molecule has 5 heteroatoms. The third-order valence-electron chi connectivity index (χ3n) is 3.66. The highest BCUT2D eigenvalue weighted by atomic mass is 32.1. The van der Waals surface area contributed by atoms with Crippen molar-refractivity contribution in [2.75, 3.05) is 7.05 Å². The maximum absolute atomic E-state index is 12.0. The van der Waals surface area contributed by atoms with Crippen LogP contribution in [-0.4, -0.2) is 34.0 Å². The van der Waals surface area contributed by atoms with Gasteiger partial charge in [0, 0.05) is 30.8 Å². The molecule has 1 saturated carbocycles. The van der Waals surface area contributed by atoms with Crippen LogP contribution in [-0.2, 0) is 17.8 Å². The first-order chi connectivity index (χ1) is 8.61. The van der Waals surface area contributed by atoms with Crippen molar-refractivity contribution in [1.82, 2.24) is 9.88 Å². The van der Waals surface area contributed by atoms with Gasteiger partial charge in [0.2, 0.25) is 5.91 Å². The average molecular weight is 268 g/mol. The summed E-state index contributed by atoms with van der Waals surface area (Å²) in [6.07, 6.45) is 4.74. The van der Waals surface area contributed by atoms with Gasteiger partial charge in [-0.15, -0.1) is 11.3 Å². The van der Waals surface area contributed by atoms with Gasteiger partial charge in [-0.05, 0) is 26.2 Å². The molecule has 1 aromatic heterocycles. The predicted molar refractivity (Wildman–Crippen MR) is 71.5 cm³/mol. The fourth-order valence-corrected chi connectivity index (χ4v) is 3.05. The van der Waals surface area contributed by atoms with Crippen molar-refractivity contribution in [3.8, 4) is 0 Å². The van der Waals surface area contributed by atoms with Crippen molar-refractivity contribution in [3.63, 3.8) is 0 Å². The summed E-state index contributed by atoms with van der Waals surface area (Å²) in [5, 5.41) is 10.0. The molecule has 1 N–H and O–H groups in total. The molecule has 0 saturated heterocycles. The van der Waals surface area contributed by atoms with E-state index in [0.29, 0.717) is 18.9 Å². The van der Waals surface area contributed by atoms with Gasteiger partial charge in [-0.2, -0.15) is 0 Å². The molecule has 1 aromatic rings. The van der Waals surface area contributed by atoms with E-state index in [0.717, 1.165) is 28.4 Å². The Kier molecular flexibility index (Phi) is 4.35. The Hall–Kier alpha value is -0.940. The van der Waals surface area contributed by atoms with Crippen LogP contribution in [0, 0.1) is 6.92 Å². The Labute approximate surface area is 112 Å². The summed E-state index contributed by atoms with van der Waals surface area (Å²) in [5.41, 5.74) is 0.745. The van der Waals surface area contributed by atoms with E-state index in [-0.39, 0.29) is 12.5 Å². The number of hydrogen-bond donors (Lipinski definition) is 1. The highest BCUT2D eigenvalue weighted by molar-refractivity contribution is 7.11. The fraction of sp³-hybridized carbons (Fsp3) is 0.692. The second-order valence-electron chi connectivity index (χ2n) is 4.86. The molecule has 0 spiro atoms. The molecule has 0 bridgehead atoms. The number of amides is 1. The topological polar surface area (TPSA) is 53.4 Å². The molecular weight excluding hydrogens is 248 g/mol. The van der Waals surface area contributed by atoms with Crippen LogP contribution in [0.2, 0.25) is 0 Å². The molecule has 18 heavy (non-hydrogen) atoms. The van der Waals surface area contributed by atoms with E-state index in [9.17, 15) is 4.79 Å². The third kappa shape index (κ3) is 2.90. The molecule has 0 unspecified atom stereocenters. The molecule has 1 amide bonds. The van der Waals surface area contributed by atoms with Crippen LogP contribution in [0.3, 0.4) is 0 Å². The van der Waals surface area contributed by atoms with E-state index >= 15 is 0 Å². The van der Waals surface area contributed by atoms with Crippen molar-refractivity contribution in [1.29, 1.82) is 0 Å². The average Bonchev–Trinajstić information content (AvgIpc) is 2.64. The number of aryl methyl sites for hydroxylation is 2. The Balaban J connectivity index is 1.84. The van der Waals surface area contributed by atoms with Gasteiger partial charge in [-0.3, -0.25) is 4.79 Å². The molecule has 0 aliphatic heterocycles. The number of nitrogens with zero attached hydrogens (tertiary/aromatic N) is 2. The highest BCUT2D eigenvalue weighted by Crippen LogP contribution is 2.24. The summed E-state index contributed by atoms with van der Waals surface area (Å²) in [5.74, 6) is 0.207. The molecule has 1 fully saturated rings. The Morgan fingerprint density at radius 1 is 1.56 bits per heavy atom. The third-order valence-corrected chi connectivity index (χ3v) is 4.73. The number of carbonyl (C=O) groups is 1. The maximum Gasteiger partial charge on any atom is 0.222 e. The molecule has 0 atom stereocenters. The SMILES string of the molecule is Cc1sc(CCC(=O)N(C)C2CCC2)nc1CO. The lowest BCUT2D eigenvalue weighted by Crippen LogP contribution is -2.41.